The van der Waals surface area contributed by atoms with Crippen molar-refractivity contribution in [2.45, 2.75) is 63.8 Å². The Kier molecular flexibility index (Phi) is 6.62. The van der Waals surface area contributed by atoms with Crippen LogP contribution in [0.5, 0.6) is 0 Å². The van der Waals surface area contributed by atoms with E-state index in [2.05, 4.69) is 23.8 Å². The summed E-state index contributed by atoms with van der Waals surface area (Å²) in [6, 6.07) is 12.7. The van der Waals surface area contributed by atoms with Crippen molar-refractivity contribution >= 4 is 0 Å². The van der Waals surface area contributed by atoms with Crippen molar-refractivity contribution in [2.24, 2.45) is 5.92 Å². The van der Waals surface area contributed by atoms with Crippen molar-refractivity contribution in [2.75, 3.05) is 0 Å². The average molecular weight is 412 g/mol. The molecule has 0 heterocycles. The van der Waals surface area contributed by atoms with Crippen LogP contribution in [0.15, 0.2) is 48.5 Å². The first kappa shape index (κ1) is 21.8. The molecule has 2 aromatic rings. The van der Waals surface area contributed by atoms with Crippen LogP contribution in [-0.2, 0) is 10.8 Å². The zero-order chi connectivity index (χ0) is 21.1. The Labute approximate surface area is 167 Å². The van der Waals surface area contributed by atoms with Crippen molar-refractivity contribution in [3.05, 3.63) is 59.7 Å². The molecule has 0 radical (unpaired) electrons. The molecule has 158 valence electrons. The normalized spacial score (nSPS) is 20.6. The molecule has 1 saturated carbocycles. The molecule has 29 heavy (non-hydrogen) atoms. The second-order valence-corrected chi connectivity index (χ2v) is 7.77. The molecule has 0 atom stereocenters. The van der Waals surface area contributed by atoms with E-state index in [9.17, 15) is 22.0 Å². The van der Waals surface area contributed by atoms with E-state index in [0.29, 0.717) is 11.5 Å². The summed E-state index contributed by atoms with van der Waals surface area (Å²) in [4.78, 5) is 0. The van der Waals surface area contributed by atoms with E-state index in [1.54, 1.807) is 0 Å². The maximum Gasteiger partial charge on any atom is 0.527 e. The highest BCUT2D eigenvalue weighted by molar-refractivity contribution is 5.64. The van der Waals surface area contributed by atoms with Crippen molar-refractivity contribution in [3.8, 4) is 11.1 Å². The third kappa shape index (κ3) is 5.78. The van der Waals surface area contributed by atoms with E-state index in [1.165, 1.54) is 56.2 Å². The standard InChI is InChI=1S/C23H25F5O/c1-2-3-16-4-6-17(7-5-16)18-8-10-19(11-9-18)20-12-14-21(15-13-20)22(24,25)29-23(26,27)28/h8-17H,2-7H2,1H3. The van der Waals surface area contributed by atoms with Crippen LogP contribution in [-0.4, -0.2) is 6.36 Å². The van der Waals surface area contributed by atoms with Crippen LogP contribution >= 0.6 is 0 Å². The van der Waals surface area contributed by atoms with Gasteiger partial charge in [0, 0.05) is 0 Å². The van der Waals surface area contributed by atoms with Gasteiger partial charge in [0.25, 0.3) is 0 Å². The lowest BCUT2D eigenvalue weighted by Gasteiger charge is -2.28. The molecule has 0 aromatic heterocycles. The molecule has 0 saturated heterocycles. The van der Waals surface area contributed by atoms with Crippen LogP contribution < -0.4 is 0 Å². The van der Waals surface area contributed by atoms with Gasteiger partial charge in [-0.1, -0.05) is 56.2 Å². The smallest absolute Gasteiger partial charge is 0.222 e. The molecule has 6 heteroatoms. The third-order valence-corrected chi connectivity index (χ3v) is 5.72. The fourth-order valence-corrected chi connectivity index (χ4v) is 4.20. The SMILES string of the molecule is CCCC1CCC(c2ccc(-c3ccc(C(F)(F)OC(F)(F)F)cc3)cc2)CC1. The minimum absolute atomic E-state index is 0.553. The lowest BCUT2D eigenvalue weighted by Crippen LogP contribution is -2.27. The molecule has 0 aliphatic heterocycles. The summed E-state index contributed by atoms with van der Waals surface area (Å²) in [5, 5.41) is 0. The molecule has 0 spiro atoms. The third-order valence-electron chi connectivity index (χ3n) is 5.72. The number of ether oxygens (including phenoxy) is 1. The maximum absolute atomic E-state index is 13.6. The molecule has 1 aliphatic carbocycles. The van der Waals surface area contributed by atoms with Gasteiger partial charge >= 0.3 is 12.5 Å². The molecule has 3 rings (SSSR count). The minimum Gasteiger partial charge on any atom is -0.222 e. The Morgan fingerprint density at radius 3 is 1.79 bits per heavy atom. The molecule has 2 aromatic carbocycles. The van der Waals surface area contributed by atoms with Gasteiger partial charge in [0.15, 0.2) is 0 Å². The molecule has 1 fully saturated rings. The Bertz CT molecular complexity index is 772. The lowest BCUT2D eigenvalue weighted by atomic mass is 9.77. The van der Waals surface area contributed by atoms with E-state index in [-0.39, 0.29) is 0 Å². The fraction of sp³-hybridized carbons (Fsp3) is 0.478. The zero-order valence-electron chi connectivity index (χ0n) is 16.3. The minimum atomic E-state index is -5.41. The first-order chi connectivity index (χ1) is 13.7. The van der Waals surface area contributed by atoms with Crippen molar-refractivity contribution in [1.82, 2.24) is 0 Å². The van der Waals surface area contributed by atoms with Gasteiger partial charge in [-0.05, 0) is 66.3 Å². The lowest BCUT2D eigenvalue weighted by molar-refractivity contribution is -0.431. The molecule has 0 N–H and O–H groups in total. The summed E-state index contributed by atoms with van der Waals surface area (Å²) in [6.45, 7) is 2.22. The Hall–Kier alpha value is -1.95. The number of benzene rings is 2. The van der Waals surface area contributed by atoms with E-state index in [1.807, 2.05) is 12.1 Å². The zero-order valence-corrected chi connectivity index (χ0v) is 16.3. The van der Waals surface area contributed by atoms with Crippen LogP contribution in [0.3, 0.4) is 0 Å². The van der Waals surface area contributed by atoms with Gasteiger partial charge in [-0.2, -0.15) is 8.78 Å². The molecule has 1 nitrogen and oxygen atoms in total. The molecular weight excluding hydrogens is 387 g/mol. The Balaban J connectivity index is 1.66. The molecule has 1 aliphatic rings. The van der Waals surface area contributed by atoms with Crippen molar-refractivity contribution < 1.29 is 26.7 Å². The molecule has 0 amide bonds. The quantitative estimate of drug-likeness (QED) is 0.437. The van der Waals surface area contributed by atoms with Crippen LogP contribution in [0.2, 0.25) is 0 Å². The number of hydrogen-bond acceptors (Lipinski definition) is 1. The summed E-state index contributed by atoms with van der Waals surface area (Å²) in [5.41, 5.74) is 1.94. The summed E-state index contributed by atoms with van der Waals surface area (Å²) >= 11 is 0. The van der Waals surface area contributed by atoms with E-state index < -0.39 is 18.0 Å². The summed E-state index contributed by atoms with van der Waals surface area (Å²) < 4.78 is 66.5. The topological polar surface area (TPSA) is 9.23 Å². The summed E-state index contributed by atoms with van der Waals surface area (Å²) in [7, 11) is 0. The highest BCUT2D eigenvalue weighted by atomic mass is 19.4. The van der Waals surface area contributed by atoms with Gasteiger partial charge in [-0.15, -0.1) is 13.2 Å². The largest absolute Gasteiger partial charge is 0.527 e. The highest BCUT2D eigenvalue weighted by Gasteiger charge is 2.46. The summed E-state index contributed by atoms with van der Waals surface area (Å²) in [5.74, 6) is 1.39. The van der Waals surface area contributed by atoms with Gasteiger partial charge in [0.1, 0.15) is 0 Å². The predicted octanol–water partition coefficient (Wildman–Crippen LogP) is 8.01. The van der Waals surface area contributed by atoms with Crippen molar-refractivity contribution in [1.29, 1.82) is 0 Å². The maximum atomic E-state index is 13.6. The molecule has 0 unspecified atom stereocenters. The van der Waals surface area contributed by atoms with E-state index >= 15 is 0 Å². The predicted molar refractivity (Wildman–Crippen MR) is 103 cm³/mol. The van der Waals surface area contributed by atoms with Crippen LogP contribution in [0, 0.1) is 5.92 Å². The first-order valence-corrected chi connectivity index (χ1v) is 10.0. The van der Waals surface area contributed by atoms with E-state index in [4.69, 9.17) is 0 Å². The van der Waals surface area contributed by atoms with E-state index in [0.717, 1.165) is 23.6 Å². The monoisotopic (exact) mass is 412 g/mol. The van der Waals surface area contributed by atoms with Gasteiger partial charge < -0.3 is 0 Å². The second kappa shape index (κ2) is 8.82. The number of hydrogen-bond donors (Lipinski definition) is 0. The van der Waals surface area contributed by atoms with Gasteiger partial charge in [0.05, 0.1) is 5.56 Å². The van der Waals surface area contributed by atoms with Crippen molar-refractivity contribution in [3.63, 3.8) is 0 Å². The van der Waals surface area contributed by atoms with Crippen LogP contribution in [0.1, 0.15) is 62.5 Å². The van der Waals surface area contributed by atoms with Crippen LogP contribution in [0.4, 0.5) is 22.0 Å². The molecular formula is C23H25F5O. The number of rotatable bonds is 6. The molecule has 0 bridgehead atoms. The fourth-order valence-electron chi connectivity index (χ4n) is 4.20. The number of halogens is 5. The van der Waals surface area contributed by atoms with Gasteiger partial charge in [-0.25, -0.2) is 4.74 Å². The average Bonchev–Trinajstić information content (AvgIpc) is 2.67. The second-order valence-electron chi connectivity index (χ2n) is 7.77. The number of alkyl halides is 5. The highest BCUT2D eigenvalue weighted by Crippen LogP contribution is 2.39. The first-order valence-electron chi connectivity index (χ1n) is 10.0. The summed E-state index contributed by atoms with van der Waals surface area (Å²) in [6.07, 6.45) is -2.40. The van der Waals surface area contributed by atoms with Gasteiger partial charge in [-0.3, -0.25) is 0 Å². The Morgan fingerprint density at radius 1 is 0.793 bits per heavy atom. The van der Waals surface area contributed by atoms with Crippen LogP contribution in [0.25, 0.3) is 11.1 Å². The Morgan fingerprint density at radius 2 is 1.31 bits per heavy atom. The van der Waals surface area contributed by atoms with Gasteiger partial charge in [0.2, 0.25) is 0 Å².